The Labute approximate surface area is 153 Å². The molecule has 1 aliphatic heterocycles. The number of carbonyl (C=O) groups is 1. The van der Waals surface area contributed by atoms with Crippen molar-refractivity contribution in [2.24, 2.45) is 5.92 Å². The molecule has 2 N–H and O–H groups in total. The molecule has 1 aromatic rings. The average Bonchev–Trinajstić information content (AvgIpc) is 3.28. The Hall–Kier alpha value is -0.520. The molecule has 0 aromatic heterocycles. The van der Waals surface area contributed by atoms with Gasteiger partial charge in [0, 0.05) is 55.2 Å². The standard InChI is InChI=1S/C16H21Cl2N3O.ClH/c17-11-1-2-12(15(18)9-11)13-10-14(13)16(22)20-5-8-21-6-3-19-4-7-21;/h1-2,9,13-14,19H,3-8,10H2,(H,20,22);1H. The Bertz CT molecular complexity index is 549. The minimum Gasteiger partial charge on any atom is -0.355 e. The molecule has 1 saturated heterocycles. The molecule has 0 spiro atoms. The molecule has 1 aromatic carbocycles. The van der Waals surface area contributed by atoms with E-state index in [1.807, 2.05) is 12.1 Å². The highest BCUT2D eigenvalue weighted by Gasteiger charge is 2.44. The number of rotatable bonds is 5. The van der Waals surface area contributed by atoms with E-state index in [-0.39, 0.29) is 30.2 Å². The summed E-state index contributed by atoms with van der Waals surface area (Å²) in [5, 5.41) is 7.67. The maximum absolute atomic E-state index is 12.2. The normalized spacial score (nSPS) is 23.9. The Morgan fingerprint density at radius 2 is 2.04 bits per heavy atom. The van der Waals surface area contributed by atoms with Crippen molar-refractivity contribution >= 4 is 41.5 Å². The van der Waals surface area contributed by atoms with Gasteiger partial charge in [0.2, 0.25) is 5.91 Å². The van der Waals surface area contributed by atoms with Crippen LogP contribution in [0.3, 0.4) is 0 Å². The van der Waals surface area contributed by atoms with Gasteiger partial charge in [0.05, 0.1) is 0 Å². The fraction of sp³-hybridized carbons (Fsp3) is 0.562. The molecular formula is C16H22Cl3N3O. The van der Waals surface area contributed by atoms with Gasteiger partial charge in [-0.05, 0) is 30.0 Å². The number of halogens is 3. The second-order valence-corrected chi connectivity index (χ2v) is 6.84. The predicted octanol–water partition coefficient (Wildman–Crippen LogP) is 2.54. The van der Waals surface area contributed by atoms with Crippen molar-refractivity contribution in [3.05, 3.63) is 33.8 Å². The van der Waals surface area contributed by atoms with E-state index in [1.165, 1.54) is 0 Å². The maximum atomic E-state index is 12.2. The van der Waals surface area contributed by atoms with Gasteiger partial charge in [-0.25, -0.2) is 0 Å². The molecule has 1 saturated carbocycles. The molecule has 128 valence electrons. The lowest BCUT2D eigenvalue weighted by molar-refractivity contribution is -0.122. The first-order valence-corrected chi connectivity index (χ1v) is 8.56. The molecule has 1 aliphatic carbocycles. The fourth-order valence-electron chi connectivity index (χ4n) is 3.03. The zero-order valence-corrected chi connectivity index (χ0v) is 15.2. The summed E-state index contributed by atoms with van der Waals surface area (Å²) in [6.45, 7) is 5.83. The molecule has 23 heavy (non-hydrogen) atoms. The highest BCUT2D eigenvalue weighted by Crippen LogP contribution is 2.49. The van der Waals surface area contributed by atoms with Crippen molar-refractivity contribution in [1.82, 2.24) is 15.5 Å². The molecule has 1 amide bonds. The Kier molecular flexibility index (Phi) is 6.99. The van der Waals surface area contributed by atoms with Gasteiger partial charge < -0.3 is 10.6 Å². The number of nitrogens with zero attached hydrogens (tertiary/aromatic N) is 1. The minimum atomic E-state index is 0. The van der Waals surface area contributed by atoms with E-state index in [0.29, 0.717) is 10.0 Å². The Balaban J connectivity index is 0.00000192. The summed E-state index contributed by atoms with van der Waals surface area (Å²) in [7, 11) is 0. The van der Waals surface area contributed by atoms with Crippen molar-refractivity contribution in [3.63, 3.8) is 0 Å². The lowest BCUT2D eigenvalue weighted by atomic mass is 10.1. The summed E-state index contributed by atoms with van der Waals surface area (Å²) in [4.78, 5) is 14.6. The van der Waals surface area contributed by atoms with Crippen LogP contribution in [-0.2, 0) is 4.79 Å². The van der Waals surface area contributed by atoms with Crippen LogP contribution < -0.4 is 10.6 Å². The van der Waals surface area contributed by atoms with Crippen molar-refractivity contribution in [2.45, 2.75) is 12.3 Å². The van der Waals surface area contributed by atoms with Gasteiger partial charge in [-0.1, -0.05) is 29.3 Å². The fourth-order valence-corrected chi connectivity index (χ4v) is 3.58. The number of hydrogen-bond acceptors (Lipinski definition) is 3. The van der Waals surface area contributed by atoms with Crippen LogP contribution in [-0.4, -0.2) is 50.1 Å². The second-order valence-electron chi connectivity index (χ2n) is 6.00. The van der Waals surface area contributed by atoms with Crippen molar-refractivity contribution in [3.8, 4) is 0 Å². The van der Waals surface area contributed by atoms with Crippen LogP contribution in [0, 0.1) is 5.92 Å². The quantitative estimate of drug-likeness (QED) is 0.827. The molecule has 4 nitrogen and oxygen atoms in total. The molecule has 7 heteroatoms. The average molecular weight is 379 g/mol. The highest BCUT2D eigenvalue weighted by molar-refractivity contribution is 6.35. The van der Waals surface area contributed by atoms with Gasteiger partial charge in [-0.2, -0.15) is 0 Å². The number of nitrogens with one attached hydrogen (secondary N) is 2. The third-order valence-electron chi connectivity index (χ3n) is 4.43. The first-order valence-electron chi connectivity index (χ1n) is 7.81. The first kappa shape index (κ1) is 18.8. The third kappa shape index (κ3) is 4.97. The zero-order chi connectivity index (χ0) is 15.5. The SMILES string of the molecule is Cl.O=C(NCCN1CCNCC1)C1CC1c1ccc(Cl)cc1Cl. The molecule has 2 fully saturated rings. The van der Waals surface area contributed by atoms with Crippen LogP contribution in [0.1, 0.15) is 17.9 Å². The van der Waals surface area contributed by atoms with Crippen molar-refractivity contribution in [2.75, 3.05) is 39.3 Å². The summed E-state index contributed by atoms with van der Waals surface area (Å²) >= 11 is 12.1. The highest BCUT2D eigenvalue weighted by atomic mass is 35.5. The van der Waals surface area contributed by atoms with E-state index in [0.717, 1.165) is 51.3 Å². The van der Waals surface area contributed by atoms with E-state index >= 15 is 0 Å². The summed E-state index contributed by atoms with van der Waals surface area (Å²) in [6, 6.07) is 5.51. The van der Waals surface area contributed by atoms with Gasteiger partial charge in [0.15, 0.2) is 0 Å². The topological polar surface area (TPSA) is 44.4 Å². The lowest BCUT2D eigenvalue weighted by Gasteiger charge is -2.27. The van der Waals surface area contributed by atoms with Crippen LogP contribution in [0.2, 0.25) is 10.0 Å². The Morgan fingerprint density at radius 1 is 1.30 bits per heavy atom. The van der Waals surface area contributed by atoms with E-state index in [1.54, 1.807) is 6.07 Å². The predicted molar refractivity (Wildman–Crippen MR) is 96.9 cm³/mol. The summed E-state index contributed by atoms with van der Waals surface area (Å²) < 4.78 is 0. The van der Waals surface area contributed by atoms with Gasteiger partial charge in [-0.15, -0.1) is 12.4 Å². The smallest absolute Gasteiger partial charge is 0.223 e. The van der Waals surface area contributed by atoms with E-state index in [9.17, 15) is 4.79 Å². The maximum Gasteiger partial charge on any atom is 0.223 e. The van der Waals surface area contributed by atoms with Crippen LogP contribution in [0.15, 0.2) is 18.2 Å². The van der Waals surface area contributed by atoms with Crippen LogP contribution in [0.4, 0.5) is 0 Å². The number of benzene rings is 1. The van der Waals surface area contributed by atoms with Gasteiger partial charge in [-0.3, -0.25) is 9.69 Å². The van der Waals surface area contributed by atoms with Gasteiger partial charge >= 0.3 is 0 Å². The first-order chi connectivity index (χ1) is 10.6. The monoisotopic (exact) mass is 377 g/mol. The van der Waals surface area contributed by atoms with Crippen LogP contribution in [0.25, 0.3) is 0 Å². The number of carbonyl (C=O) groups excluding carboxylic acids is 1. The van der Waals surface area contributed by atoms with Gasteiger partial charge in [0.1, 0.15) is 0 Å². The number of amides is 1. The molecule has 2 unspecified atom stereocenters. The van der Waals surface area contributed by atoms with Crippen LogP contribution in [0.5, 0.6) is 0 Å². The van der Waals surface area contributed by atoms with E-state index < -0.39 is 0 Å². The van der Waals surface area contributed by atoms with E-state index in [4.69, 9.17) is 23.2 Å². The van der Waals surface area contributed by atoms with Crippen LogP contribution >= 0.6 is 35.6 Å². The van der Waals surface area contributed by atoms with Crippen molar-refractivity contribution < 1.29 is 4.79 Å². The lowest BCUT2D eigenvalue weighted by Crippen LogP contribution is -2.46. The molecule has 0 bridgehead atoms. The molecule has 2 aliphatic rings. The summed E-state index contributed by atoms with van der Waals surface area (Å²) in [6.07, 6.45) is 0.876. The second kappa shape index (κ2) is 8.54. The Morgan fingerprint density at radius 3 is 2.74 bits per heavy atom. The largest absolute Gasteiger partial charge is 0.355 e. The zero-order valence-electron chi connectivity index (χ0n) is 12.9. The third-order valence-corrected chi connectivity index (χ3v) is 4.99. The van der Waals surface area contributed by atoms with Crippen molar-refractivity contribution in [1.29, 1.82) is 0 Å². The molecule has 2 atom stereocenters. The number of hydrogen-bond donors (Lipinski definition) is 2. The molecule has 3 rings (SSSR count). The molecule has 1 heterocycles. The summed E-state index contributed by atoms with van der Waals surface area (Å²) in [5.74, 6) is 0.441. The molecule has 0 radical (unpaired) electrons. The van der Waals surface area contributed by atoms with Gasteiger partial charge in [0.25, 0.3) is 0 Å². The number of piperazine rings is 1. The molecular weight excluding hydrogens is 357 g/mol. The van der Waals surface area contributed by atoms with E-state index in [2.05, 4.69) is 15.5 Å². The summed E-state index contributed by atoms with van der Waals surface area (Å²) in [5.41, 5.74) is 1.04. The minimum absolute atomic E-state index is 0.